The van der Waals surface area contributed by atoms with E-state index in [9.17, 15) is 18.0 Å². The van der Waals surface area contributed by atoms with Crippen molar-refractivity contribution in [3.05, 3.63) is 42.0 Å². The summed E-state index contributed by atoms with van der Waals surface area (Å²) in [6, 6.07) is 7.83. The maximum absolute atomic E-state index is 13.4. The first kappa shape index (κ1) is 30.0. The Morgan fingerprint density at radius 2 is 1.72 bits per heavy atom. The van der Waals surface area contributed by atoms with Crippen molar-refractivity contribution in [1.82, 2.24) is 0 Å². The Bertz CT molecular complexity index is 998. The Kier molecular flexibility index (Phi) is 11.1. The highest BCUT2D eigenvalue weighted by Gasteiger charge is 2.49. The van der Waals surface area contributed by atoms with Gasteiger partial charge in [0.1, 0.15) is 6.61 Å². The normalized spacial score (nSPS) is 20.6. The molecule has 202 valence electrons. The summed E-state index contributed by atoms with van der Waals surface area (Å²) in [5.41, 5.74) is 0.787. The summed E-state index contributed by atoms with van der Waals surface area (Å²) in [7, 11) is -5.77. The number of esters is 1. The summed E-state index contributed by atoms with van der Waals surface area (Å²) in [6.07, 6.45) is 0.610. The average molecular weight is 543 g/mol. The number of hydrogen-bond acceptors (Lipinski definition) is 9. The molecule has 2 atom stereocenters. The van der Waals surface area contributed by atoms with E-state index in [4.69, 9.17) is 23.1 Å². The second kappa shape index (κ2) is 13.4. The van der Waals surface area contributed by atoms with Crippen LogP contribution in [-0.2, 0) is 37.7 Å². The lowest BCUT2D eigenvalue weighted by Crippen LogP contribution is -2.52. The highest BCUT2D eigenvalue weighted by molar-refractivity contribution is 7.92. The molecule has 0 aromatic heterocycles. The van der Waals surface area contributed by atoms with E-state index in [1.165, 1.54) is 19.2 Å². The fraction of sp³-hybridized carbons (Fsp3) is 0.600. The van der Waals surface area contributed by atoms with Gasteiger partial charge in [-0.3, -0.25) is 4.79 Å². The van der Waals surface area contributed by atoms with Gasteiger partial charge in [-0.1, -0.05) is 52.0 Å². The van der Waals surface area contributed by atoms with Crippen molar-refractivity contribution in [3.63, 3.8) is 0 Å². The largest absolute Gasteiger partial charge is 0.508 e. The molecular formula is C25H38O9SSi. The first-order valence-corrected chi connectivity index (χ1v) is 15.7. The topological polar surface area (TPSA) is 114 Å². The molecule has 0 bridgehead atoms. The molecule has 1 aliphatic heterocycles. The molecule has 9 nitrogen and oxygen atoms in total. The highest BCUT2D eigenvalue weighted by Crippen LogP contribution is 2.38. The minimum absolute atomic E-state index is 0.0189. The smallest absolute Gasteiger partial charge is 0.468 e. The zero-order valence-electron chi connectivity index (χ0n) is 21.9. The molecule has 0 radical (unpaired) electrons. The number of carbonyl (C=O) groups excluding carboxylic acids is 2. The molecule has 0 spiro atoms. The number of carbonyl (C=O) groups is 2. The third kappa shape index (κ3) is 7.40. The number of benzene rings is 1. The second-order valence-corrected chi connectivity index (χ2v) is 15.6. The van der Waals surface area contributed by atoms with Gasteiger partial charge in [0.15, 0.2) is 15.1 Å². The summed E-state index contributed by atoms with van der Waals surface area (Å²) >= 11 is 0. The summed E-state index contributed by atoms with van der Waals surface area (Å²) in [5.74, 6) is -0.846. The van der Waals surface area contributed by atoms with Crippen molar-refractivity contribution in [2.75, 3.05) is 26.9 Å². The van der Waals surface area contributed by atoms with Gasteiger partial charge in [0, 0.05) is 6.42 Å². The van der Waals surface area contributed by atoms with Crippen LogP contribution in [-0.4, -0.2) is 67.4 Å². The number of methoxy groups -OCH3 is 1. The van der Waals surface area contributed by atoms with Crippen molar-refractivity contribution < 1.29 is 41.1 Å². The number of hydrogen-bond donors (Lipinski definition) is 0. The molecule has 2 rings (SSSR count). The van der Waals surface area contributed by atoms with Crippen LogP contribution in [0.4, 0.5) is 4.79 Å². The van der Waals surface area contributed by atoms with E-state index in [0.29, 0.717) is 6.42 Å². The Balaban J connectivity index is 2.42. The molecule has 0 N–H and O–H groups in total. The van der Waals surface area contributed by atoms with Crippen molar-refractivity contribution in [1.29, 1.82) is 0 Å². The molecule has 0 aliphatic carbocycles. The molecule has 0 saturated heterocycles. The van der Waals surface area contributed by atoms with Gasteiger partial charge < -0.3 is 23.1 Å². The number of ether oxygens (including phenoxy) is 3. The second-order valence-electron chi connectivity index (χ2n) is 9.23. The molecular weight excluding hydrogens is 504 g/mol. The number of rotatable bonds is 10. The van der Waals surface area contributed by atoms with Gasteiger partial charge >= 0.3 is 20.7 Å². The van der Waals surface area contributed by atoms with Crippen LogP contribution in [0.1, 0.15) is 47.5 Å². The van der Waals surface area contributed by atoms with Crippen LogP contribution in [0.3, 0.4) is 0 Å². The van der Waals surface area contributed by atoms with Crippen LogP contribution in [0, 0.1) is 0 Å². The van der Waals surface area contributed by atoms with E-state index < -0.39 is 41.9 Å². The van der Waals surface area contributed by atoms with Crippen molar-refractivity contribution >= 4 is 30.5 Å². The van der Waals surface area contributed by atoms with Crippen LogP contribution in [0.5, 0.6) is 0 Å². The van der Waals surface area contributed by atoms with Crippen molar-refractivity contribution in [2.24, 2.45) is 0 Å². The van der Waals surface area contributed by atoms with E-state index in [1.807, 2.05) is 33.8 Å². The van der Waals surface area contributed by atoms with Gasteiger partial charge in [0.05, 0.1) is 31.3 Å². The van der Waals surface area contributed by atoms with Crippen LogP contribution >= 0.6 is 0 Å². The zero-order valence-corrected chi connectivity index (χ0v) is 23.7. The molecule has 1 aromatic carbocycles. The lowest BCUT2D eigenvalue weighted by atomic mass is 10.1. The molecule has 11 heteroatoms. The van der Waals surface area contributed by atoms with Crippen LogP contribution < -0.4 is 0 Å². The highest BCUT2D eigenvalue weighted by atomic mass is 32.2. The van der Waals surface area contributed by atoms with Gasteiger partial charge in [0.25, 0.3) is 0 Å². The lowest BCUT2D eigenvalue weighted by Gasteiger charge is -2.42. The standard InChI is InChI=1S/C25H38O9SSi/c1-7-31-25(27)32-16-20-13-14-21(34-36(18(2)3,19(4)5)33-17-20)15-23(24(26)30-6)35(28,29)22-11-9-8-10-12-22/h8-13,18-19,21,23H,7,14-17H2,1-6H3/b20-13-/t21-,23?/m0/s1. The lowest BCUT2D eigenvalue weighted by molar-refractivity contribution is -0.140. The maximum atomic E-state index is 13.4. The first-order chi connectivity index (χ1) is 17.0. The van der Waals surface area contributed by atoms with Gasteiger partial charge in [0.2, 0.25) is 0 Å². The Labute approximate surface area is 215 Å². The minimum atomic E-state index is -4.04. The maximum Gasteiger partial charge on any atom is 0.508 e. The number of sulfone groups is 1. The van der Waals surface area contributed by atoms with Gasteiger partial charge in [-0.15, -0.1) is 0 Å². The Morgan fingerprint density at radius 3 is 2.28 bits per heavy atom. The summed E-state index contributed by atoms with van der Waals surface area (Å²) in [6.45, 7) is 10.2. The van der Waals surface area contributed by atoms with Gasteiger partial charge in [-0.2, -0.15) is 0 Å². The van der Waals surface area contributed by atoms with Gasteiger partial charge in [-0.25, -0.2) is 13.2 Å². The molecule has 1 heterocycles. The summed E-state index contributed by atoms with van der Waals surface area (Å²) in [4.78, 5) is 24.5. The van der Waals surface area contributed by atoms with E-state index in [2.05, 4.69) is 0 Å². The Hall–Kier alpha value is -2.21. The van der Waals surface area contributed by atoms with E-state index >= 15 is 0 Å². The fourth-order valence-electron chi connectivity index (χ4n) is 4.23. The molecule has 1 aliphatic rings. The van der Waals surface area contributed by atoms with E-state index in [0.717, 1.165) is 5.57 Å². The third-order valence-electron chi connectivity index (χ3n) is 6.14. The van der Waals surface area contributed by atoms with E-state index in [-0.39, 0.29) is 42.2 Å². The molecule has 1 aromatic rings. The van der Waals surface area contributed by atoms with E-state index in [1.54, 1.807) is 25.1 Å². The molecule has 0 fully saturated rings. The van der Waals surface area contributed by atoms with Crippen LogP contribution in [0.2, 0.25) is 11.1 Å². The van der Waals surface area contributed by atoms with Crippen LogP contribution in [0.25, 0.3) is 0 Å². The predicted molar refractivity (Wildman–Crippen MR) is 136 cm³/mol. The zero-order chi connectivity index (χ0) is 26.9. The molecule has 1 unspecified atom stereocenters. The van der Waals surface area contributed by atoms with Crippen molar-refractivity contribution in [2.45, 2.75) is 74.8 Å². The fourth-order valence-corrected chi connectivity index (χ4v) is 9.65. The quantitative estimate of drug-likeness (QED) is 0.238. The average Bonchev–Trinajstić information content (AvgIpc) is 2.83. The monoisotopic (exact) mass is 542 g/mol. The van der Waals surface area contributed by atoms with Crippen LogP contribution in [0.15, 0.2) is 46.9 Å². The molecule has 36 heavy (non-hydrogen) atoms. The third-order valence-corrected chi connectivity index (χ3v) is 12.7. The predicted octanol–water partition coefficient (Wildman–Crippen LogP) is 4.56. The molecule has 0 saturated carbocycles. The Morgan fingerprint density at radius 1 is 1.08 bits per heavy atom. The SMILES string of the molecule is CCOC(=O)OC/C1=C/C[C@@H](CC(C(=O)OC)S(=O)(=O)c2ccccc2)O[Si](C(C)C)(C(C)C)OC1. The van der Waals surface area contributed by atoms with Crippen molar-refractivity contribution in [3.8, 4) is 0 Å². The molecule has 0 amide bonds. The van der Waals surface area contributed by atoms with Gasteiger partial charge in [-0.05, 0) is 42.1 Å². The first-order valence-electron chi connectivity index (χ1n) is 12.1. The summed E-state index contributed by atoms with van der Waals surface area (Å²) < 4.78 is 54.8. The minimum Gasteiger partial charge on any atom is -0.468 e. The summed E-state index contributed by atoms with van der Waals surface area (Å²) in [5, 5.41) is -1.45.